The first kappa shape index (κ1) is 11.6. The number of carbonyl (C=O) groups excluding carboxylic acids is 1. The zero-order valence-electron chi connectivity index (χ0n) is 9.12. The highest BCUT2D eigenvalue weighted by Gasteiger charge is 2.19. The van der Waals surface area contributed by atoms with Crippen molar-refractivity contribution < 1.29 is 9.53 Å². The van der Waals surface area contributed by atoms with E-state index in [0.717, 1.165) is 17.3 Å². The first-order valence-electron chi connectivity index (χ1n) is 5.73. The van der Waals surface area contributed by atoms with Gasteiger partial charge in [0.15, 0.2) is 0 Å². The summed E-state index contributed by atoms with van der Waals surface area (Å²) in [6.45, 7) is 0. The Morgan fingerprint density at radius 2 is 1.88 bits per heavy atom. The van der Waals surface area contributed by atoms with Gasteiger partial charge in [-0.05, 0) is 53.7 Å². The number of ether oxygens (including phenoxy) is 1. The van der Waals surface area contributed by atoms with Crippen LogP contribution in [0.3, 0.4) is 0 Å². The molecule has 16 heavy (non-hydrogen) atoms. The number of rotatable bonds is 2. The number of hydrogen-bond donors (Lipinski definition) is 0. The van der Waals surface area contributed by atoms with Crippen molar-refractivity contribution in [1.82, 2.24) is 0 Å². The first-order chi connectivity index (χ1) is 7.77. The molecule has 0 N–H and O–H groups in total. The molecule has 1 saturated carbocycles. The Morgan fingerprint density at radius 1 is 1.19 bits per heavy atom. The Bertz CT molecular complexity index is 370. The normalized spacial score (nSPS) is 17.1. The molecule has 0 heterocycles. The van der Waals surface area contributed by atoms with Gasteiger partial charge in [0, 0.05) is 4.47 Å². The maximum atomic E-state index is 11.9. The molecule has 0 aliphatic heterocycles. The molecular formula is C13H15BrO2. The monoisotopic (exact) mass is 282 g/mol. The third-order valence-electron chi connectivity index (χ3n) is 2.92. The number of hydrogen-bond acceptors (Lipinski definition) is 2. The van der Waals surface area contributed by atoms with E-state index < -0.39 is 0 Å². The Morgan fingerprint density at radius 3 is 2.56 bits per heavy atom. The maximum absolute atomic E-state index is 11.9. The van der Waals surface area contributed by atoms with Crippen molar-refractivity contribution in [2.75, 3.05) is 0 Å². The van der Waals surface area contributed by atoms with E-state index in [9.17, 15) is 4.79 Å². The van der Waals surface area contributed by atoms with E-state index in [0.29, 0.717) is 5.56 Å². The van der Waals surface area contributed by atoms with Crippen LogP contribution in [0.2, 0.25) is 0 Å². The molecule has 1 aromatic carbocycles. The lowest BCUT2D eigenvalue weighted by Crippen LogP contribution is -2.21. The van der Waals surface area contributed by atoms with Crippen molar-refractivity contribution in [2.24, 2.45) is 0 Å². The van der Waals surface area contributed by atoms with Gasteiger partial charge >= 0.3 is 5.97 Å². The molecule has 0 radical (unpaired) electrons. The van der Waals surface area contributed by atoms with Crippen molar-refractivity contribution in [3.8, 4) is 0 Å². The van der Waals surface area contributed by atoms with Crippen molar-refractivity contribution in [3.05, 3.63) is 34.3 Å². The summed E-state index contributed by atoms with van der Waals surface area (Å²) < 4.78 is 6.29. The van der Waals surface area contributed by atoms with Crippen LogP contribution in [0, 0.1) is 0 Å². The zero-order chi connectivity index (χ0) is 11.4. The Labute approximate surface area is 104 Å². The molecule has 0 amide bonds. The smallest absolute Gasteiger partial charge is 0.339 e. The molecule has 0 saturated heterocycles. The van der Waals surface area contributed by atoms with Crippen LogP contribution in [0.5, 0.6) is 0 Å². The van der Waals surface area contributed by atoms with Gasteiger partial charge in [-0.2, -0.15) is 0 Å². The fourth-order valence-corrected chi connectivity index (χ4v) is 2.47. The second kappa shape index (κ2) is 5.48. The van der Waals surface area contributed by atoms with E-state index in [4.69, 9.17) is 4.74 Å². The standard InChI is InChI=1S/C13H15BrO2/c14-12-9-5-4-8-11(12)13(15)16-10-6-2-1-3-7-10/h4-5,8-10H,1-3,6-7H2. The average Bonchev–Trinajstić information content (AvgIpc) is 2.31. The van der Waals surface area contributed by atoms with E-state index in [1.165, 1.54) is 19.3 Å². The summed E-state index contributed by atoms with van der Waals surface area (Å²) in [6.07, 6.45) is 5.76. The highest BCUT2D eigenvalue weighted by Crippen LogP contribution is 2.23. The quantitative estimate of drug-likeness (QED) is 0.768. The van der Waals surface area contributed by atoms with Gasteiger partial charge in [0.2, 0.25) is 0 Å². The Kier molecular flexibility index (Phi) is 3.99. The van der Waals surface area contributed by atoms with E-state index in [2.05, 4.69) is 15.9 Å². The average molecular weight is 283 g/mol. The molecule has 0 spiro atoms. The van der Waals surface area contributed by atoms with Gasteiger partial charge in [0.25, 0.3) is 0 Å². The predicted molar refractivity (Wildman–Crippen MR) is 66.4 cm³/mol. The van der Waals surface area contributed by atoms with Crippen LogP contribution < -0.4 is 0 Å². The van der Waals surface area contributed by atoms with Crippen LogP contribution in [0.15, 0.2) is 28.7 Å². The van der Waals surface area contributed by atoms with E-state index in [1.807, 2.05) is 18.2 Å². The fraction of sp³-hybridized carbons (Fsp3) is 0.462. The minimum Gasteiger partial charge on any atom is -0.459 e. The minimum atomic E-state index is -0.209. The molecule has 1 aliphatic carbocycles. The first-order valence-corrected chi connectivity index (χ1v) is 6.52. The Hall–Kier alpha value is -0.830. The molecule has 1 aromatic rings. The van der Waals surface area contributed by atoms with Gasteiger partial charge in [-0.15, -0.1) is 0 Å². The van der Waals surface area contributed by atoms with E-state index in [1.54, 1.807) is 6.07 Å². The van der Waals surface area contributed by atoms with Crippen molar-refractivity contribution >= 4 is 21.9 Å². The summed E-state index contributed by atoms with van der Waals surface area (Å²) in [5.74, 6) is -0.209. The van der Waals surface area contributed by atoms with Gasteiger partial charge in [0.1, 0.15) is 6.10 Å². The molecule has 3 heteroatoms. The van der Waals surface area contributed by atoms with Crippen LogP contribution in [0.4, 0.5) is 0 Å². The highest BCUT2D eigenvalue weighted by atomic mass is 79.9. The SMILES string of the molecule is O=C(OC1CCCCC1)c1ccccc1Br. The van der Waals surface area contributed by atoms with Crippen LogP contribution in [-0.2, 0) is 4.74 Å². The van der Waals surface area contributed by atoms with Crippen LogP contribution in [0.1, 0.15) is 42.5 Å². The molecular weight excluding hydrogens is 268 g/mol. The summed E-state index contributed by atoms with van der Waals surface area (Å²) in [4.78, 5) is 11.9. The lowest BCUT2D eigenvalue weighted by Gasteiger charge is -2.21. The predicted octanol–water partition coefficient (Wildman–Crippen LogP) is 3.94. The van der Waals surface area contributed by atoms with Crippen molar-refractivity contribution in [3.63, 3.8) is 0 Å². The molecule has 0 unspecified atom stereocenters. The Balaban J connectivity index is 2.00. The topological polar surface area (TPSA) is 26.3 Å². The van der Waals surface area contributed by atoms with Crippen molar-refractivity contribution in [2.45, 2.75) is 38.2 Å². The second-order valence-electron chi connectivity index (χ2n) is 4.15. The molecule has 1 fully saturated rings. The van der Waals surface area contributed by atoms with Crippen molar-refractivity contribution in [1.29, 1.82) is 0 Å². The molecule has 86 valence electrons. The molecule has 0 atom stereocenters. The maximum Gasteiger partial charge on any atom is 0.339 e. The number of benzene rings is 1. The summed E-state index contributed by atoms with van der Waals surface area (Å²) in [5.41, 5.74) is 0.619. The summed E-state index contributed by atoms with van der Waals surface area (Å²) in [7, 11) is 0. The third-order valence-corrected chi connectivity index (χ3v) is 3.61. The third kappa shape index (κ3) is 2.85. The highest BCUT2D eigenvalue weighted by molar-refractivity contribution is 9.10. The summed E-state index contributed by atoms with van der Waals surface area (Å²) >= 11 is 3.36. The molecule has 2 nitrogen and oxygen atoms in total. The van der Waals surface area contributed by atoms with Crippen LogP contribution >= 0.6 is 15.9 Å². The largest absolute Gasteiger partial charge is 0.459 e. The molecule has 0 bridgehead atoms. The molecule has 0 aromatic heterocycles. The molecule has 2 rings (SSSR count). The van der Waals surface area contributed by atoms with E-state index in [-0.39, 0.29) is 12.1 Å². The lowest BCUT2D eigenvalue weighted by molar-refractivity contribution is 0.0210. The number of halogens is 1. The number of carbonyl (C=O) groups is 1. The van der Waals surface area contributed by atoms with Gasteiger partial charge in [0.05, 0.1) is 5.56 Å². The summed E-state index contributed by atoms with van der Waals surface area (Å²) in [6, 6.07) is 7.39. The van der Waals surface area contributed by atoms with Crippen LogP contribution in [0.25, 0.3) is 0 Å². The molecule has 1 aliphatic rings. The fourth-order valence-electron chi connectivity index (χ4n) is 2.02. The zero-order valence-corrected chi connectivity index (χ0v) is 10.7. The van der Waals surface area contributed by atoms with E-state index >= 15 is 0 Å². The van der Waals surface area contributed by atoms with Gasteiger partial charge in [-0.1, -0.05) is 18.6 Å². The van der Waals surface area contributed by atoms with Gasteiger partial charge in [-0.3, -0.25) is 0 Å². The minimum absolute atomic E-state index is 0.119. The number of esters is 1. The lowest BCUT2D eigenvalue weighted by atomic mass is 9.98. The van der Waals surface area contributed by atoms with Gasteiger partial charge < -0.3 is 4.74 Å². The summed E-state index contributed by atoms with van der Waals surface area (Å²) in [5, 5.41) is 0. The van der Waals surface area contributed by atoms with Crippen LogP contribution in [-0.4, -0.2) is 12.1 Å². The second-order valence-corrected chi connectivity index (χ2v) is 5.00. The van der Waals surface area contributed by atoms with Gasteiger partial charge in [-0.25, -0.2) is 4.79 Å².